The van der Waals surface area contributed by atoms with Gasteiger partial charge in [-0.25, -0.2) is 0 Å². The standard InChI is InChI=1S/C2H5PS2/c1-2(4)5-3/h3H2,1H3. The van der Waals surface area contributed by atoms with Crippen molar-refractivity contribution in [3.05, 3.63) is 0 Å². The van der Waals surface area contributed by atoms with Crippen molar-refractivity contribution in [3.8, 4) is 0 Å². The highest BCUT2D eigenvalue weighted by molar-refractivity contribution is 8.55. The molecule has 0 bridgehead atoms. The highest BCUT2D eigenvalue weighted by Gasteiger charge is 1.71. The van der Waals surface area contributed by atoms with Crippen LogP contribution in [0.15, 0.2) is 0 Å². The lowest BCUT2D eigenvalue weighted by Gasteiger charge is -1.76. The molecule has 0 heterocycles. The average Bonchev–Trinajstić information content (AvgIpc) is 1.38. The molecule has 0 N–H and O–H groups in total. The quantitative estimate of drug-likeness (QED) is 0.357. The van der Waals surface area contributed by atoms with Gasteiger partial charge in [-0.2, -0.15) is 0 Å². The summed E-state index contributed by atoms with van der Waals surface area (Å²) in [5.41, 5.74) is 0. The van der Waals surface area contributed by atoms with Crippen molar-refractivity contribution < 1.29 is 0 Å². The third-order valence-electron chi connectivity index (χ3n) is 0.166. The van der Waals surface area contributed by atoms with Crippen LogP contribution in [0.4, 0.5) is 0 Å². The Morgan fingerprint density at radius 2 is 2.20 bits per heavy atom. The second-order valence-corrected chi connectivity index (χ2v) is 3.04. The summed E-state index contributed by atoms with van der Waals surface area (Å²) in [7, 11) is 2.47. The molecular weight excluding hydrogens is 119 g/mol. The van der Waals surface area contributed by atoms with E-state index in [9.17, 15) is 0 Å². The lowest BCUT2D eigenvalue weighted by Crippen LogP contribution is -1.61. The molecule has 0 spiro atoms. The van der Waals surface area contributed by atoms with Crippen molar-refractivity contribution in [3.63, 3.8) is 0 Å². The summed E-state index contributed by atoms with van der Waals surface area (Å²) in [6, 6.07) is 0. The third kappa shape index (κ3) is 4.87. The summed E-state index contributed by atoms with van der Waals surface area (Å²) in [4.78, 5) is 0. The predicted octanol–water partition coefficient (Wildman–Crippen LogP) is 1.86. The molecule has 0 aromatic carbocycles. The van der Waals surface area contributed by atoms with Gasteiger partial charge in [0.1, 0.15) is 0 Å². The van der Waals surface area contributed by atoms with E-state index in [1.54, 1.807) is 0 Å². The van der Waals surface area contributed by atoms with E-state index in [2.05, 4.69) is 20.7 Å². The topological polar surface area (TPSA) is 0 Å². The molecule has 0 radical (unpaired) electrons. The van der Waals surface area contributed by atoms with E-state index in [4.69, 9.17) is 0 Å². The zero-order valence-electron chi connectivity index (χ0n) is 2.89. The van der Waals surface area contributed by atoms with E-state index < -0.39 is 0 Å². The van der Waals surface area contributed by atoms with Gasteiger partial charge in [0.05, 0.1) is 0 Å². The molecule has 30 valence electrons. The molecule has 0 fully saturated rings. The third-order valence-corrected chi connectivity index (χ3v) is 2.36. The van der Waals surface area contributed by atoms with Crippen LogP contribution in [0.3, 0.4) is 0 Å². The van der Waals surface area contributed by atoms with Crippen LogP contribution in [-0.2, 0) is 0 Å². The number of thiocarbonyl (C=S) groups is 1. The Kier molecular flexibility index (Phi) is 3.61. The fourth-order valence-corrected chi connectivity index (χ4v) is 0. The molecule has 0 aliphatic rings. The molecular formula is C2H5PS2. The maximum absolute atomic E-state index is 4.64. The highest BCUT2D eigenvalue weighted by Crippen LogP contribution is 2.11. The summed E-state index contributed by atoms with van der Waals surface area (Å²) in [5, 5.41) is 0. The monoisotopic (exact) mass is 124 g/mol. The van der Waals surface area contributed by atoms with Gasteiger partial charge >= 0.3 is 0 Å². The van der Waals surface area contributed by atoms with Crippen LogP contribution in [-0.4, -0.2) is 4.20 Å². The molecule has 0 aliphatic heterocycles. The van der Waals surface area contributed by atoms with Crippen LogP contribution < -0.4 is 0 Å². The van der Waals surface area contributed by atoms with Gasteiger partial charge in [0.25, 0.3) is 0 Å². The second-order valence-electron chi connectivity index (χ2n) is 0.609. The van der Waals surface area contributed by atoms with Crippen LogP contribution in [0, 0.1) is 0 Å². The molecule has 0 amide bonds. The molecule has 0 saturated heterocycles. The summed E-state index contributed by atoms with van der Waals surface area (Å²) in [6.45, 7) is 1.90. The van der Waals surface area contributed by atoms with Gasteiger partial charge < -0.3 is 0 Å². The predicted molar refractivity (Wildman–Crippen MR) is 35.6 cm³/mol. The lowest BCUT2D eigenvalue weighted by molar-refractivity contribution is 2.12. The van der Waals surface area contributed by atoms with E-state index >= 15 is 0 Å². The van der Waals surface area contributed by atoms with Gasteiger partial charge in [0.2, 0.25) is 0 Å². The SMILES string of the molecule is CC(=S)SP. The van der Waals surface area contributed by atoms with Crippen LogP contribution in [0.25, 0.3) is 0 Å². The molecule has 0 rings (SSSR count). The lowest BCUT2D eigenvalue weighted by atomic mass is 11.0. The highest BCUT2D eigenvalue weighted by atomic mass is 32.7. The van der Waals surface area contributed by atoms with Gasteiger partial charge in [-0.3, -0.25) is 0 Å². The summed E-state index contributed by atoms with van der Waals surface area (Å²) < 4.78 is 0.968. The zero-order chi connectivity index (χ0) is 4.28. The minimum atomic E-state index is 0.968. The molecule has 5 heavy (non-hydrogen) atoms. The van der Waals surface area contributed by atoms with Crippen molar-refractivity contribution in [2.75, 3.05) is 0 Å². The van der Waals surface area contributed by atoms with E-state index in [1.165, 1.54) is 11.4 Å². The fourth-order valence-electron chi connectivity index (χ4n) is 0. The smallest absolute Gasteiger partial charge is 0.0484 e. The number of rotatable bonds is 0. The molecule has 1 unspecified atom stereocenters. The summed E-state index contributed by atoms with van der Waals surface area (Å²) >= 11 is 6.17. The largest absolute Gasteiger partial charge is 0.0984 e. The first kappa shape index (κ1) is 5.87. The number of hydrogen-bond donors (Lipinski definition) is 0. The Bertz CT molecular complexity index is 42.9. The van der Waals surface area contributed by atoms with Crippen LogP contribution >= 0.6 is 32.0 Å². The van der Waals surface area contributed by atoms with Crippen LogP contribution in [0.1, 0.15) is 6.92 Å². The maximum atomic E-state index is 4.64. The normalized spacial score (nSPS) is 7.60. The second kappa shape index (κ2) is 3.08. The van der Waals surface area contributed by atoms with E-state index in [0.29, 0.717) is 0 Å². The number of hydrogen-bond acceptors (Lipinski definition) is 2. The Morgan fingerprint density at radius 1 is 2.00 bits per heavy atom. The zero-order valence-corrected chi connectivity index (χ0v) is 5.68. The molecule has 0 aliphatic carbocycles. The maximum Gasteiger partial charge on any atom is 0.0484 e. The van der Waals surface area contributed by atoms with Gasteiger partial charge in [-0.1, -0.05) is 32.0 Å². The Morgan fingerprint density at radius 3 is 2.20 bits per heavy atom. The van der Waals surface area contributed by atoms with Crippen LogP contribution in [0.5, 0.6) is 0 Å². The summed E-state index contributed by atoms with van der Waals surface area (Å²) in [5.74, 6) is 0. The Hall–Kier alpha value is 0.870. The van der Waals surface area contributed by atoms with Gasteiger partial charge in [0.15, 0.2) is 0 Å². The van der Waals surface area contributed by atoms with E-state index in [-0.39, 0.29) is 0 Å². The molecule has 1 atom stereocenters. The van der Waals surface area contributed by atoms with Crippen molar-refractivity contribution in [2.24, 2.45) is 0 Å². The van der Waals surface area contributed by atoms with Crippen LogP contribution in [0.2, 0.25) is 0 Å². The minimum Gasteiger partial charge on any atom is -0.0984 e. The first-order valence-electron chi connectivity index (χ1n) is 1.14. The molecule has 0 nitrogen and oxygen atoms in total. The minimum absolute atomic E-state index is 0.968. The van der Waals surface area contributed by atoms with E-state index in [0.717, 1.165) is 4.20 Å². The Labute approximate surface area is 43.7 Å². The average molecular weight is 124 g/mol. The molecule has 3 heteroatoms. The van der Waals surface area contributed by atoms with E-state index in [1.807, 2.05) is 6.92 Å². The van der Waals surface area contributed by atoms with Crippen molar-refractivity contribution in [1.82, 2.24) is 0 Å². The van der Waals surface area contributed by atoms with Crippen molar-refractivity contribution in [2.45, 2.75) is 6.92 Å². The molecule has 0 aromatic rings. The molecule has 0 aromatic heterocycles. The van der Waals surface area contributed by atoms with Gasteiger partial charge in [-0.15, -0.1) is 0 Å². The van der Waals surface area contributed by atoms with Crippen molar-refractivity contribution >= 4 is 36.2 Å². The van der Waals surface area contributed by atoms with Gasteiger partial charge in [-0.05, 0) is 6.92 Å². The fraction of sp³-hybridized carbons (Fsp3) is 0.500. The summed E-state index contributed by atoms with van der Waals surface area (Å²) in [6.07, 6.45) is 0. The van der Waals surface area contributed by atoms with Crippen molar-refractivity contribution in [1.29, 1.82) is 0 Å². The Balaban J connectivity index is 2.85. The van der Waals surface area contributed by atoms with Gasteiger partial charge in [0, 0.05) is 4.20 Å². The molecule has 0 saturated carbocycles. The first-order valence-corrected chi connectivity index (χ1v) is 3.85. The first-order chi connectivity index (χ1) is 2.27.